The lowest BCUT2D eigenvalue weighted by molar-refractivity contribution is 0.0521. The molecule has 0 unspecified atom stereocenters. The normalized spacial score (nSPS) is 17.6. The maximum atomic E-state index is 9.21. The van der Waals surface area contributed by atoms with Crippen LogP contribution in [0.3, 0.4) is 0 Å². The van der Waals surface area contributed by atoms with E-state index < -0.39 is 6.10 Å². The summed E-state index contributed by atoms with van der Waals surface area (Å²) >= 11 is 0. The van der Waals surface area contributed by atoms with Crippen LogP contribution < -0.4 is 9.64 Å². The fourth-order valence-corrected chi connectivity index (χ4v) is 1.69. The lowest BCUT2D eigenvalue weighted by Crippen LogP contribution is -2.36. The molecule has 1 fully saturated rings. The first-order valence-corrected chi connectivity index (χ1v) is 6.01. The van der Waals surface area contributed by atoms with Crippen LogP contribution in [0.25, 0.3) is 0 Å². The summed E-state index contributed by atoms with van der Waals surface area (Å²) in [5, 5.41) is 17.9. The molecule has 0 saturated carbocycles. The Bertz CT molecular complexity index is 369. The van der Waals surface area contributed by atoms with Gasteiger partial charge >= 0.3 is 0 Å². The van der Waals surface area contributed by atoms with Crippen LogP contribution >= 0.6 is 0 Å². The van der Waals surface area contributed by atoms with E-state index in [1.54, 1.807) is 6.07 Å². The van der Waals surface area contributed by atoms with Gasteiger partial charge in [0.05, 0.1) is 19.8 Å². The Morgan fingerprint density at radius 2 is 2.17 bits per heavy atom. The van der Waals surface area contributed by atoms with Gasteiger partial charge in [0.1, 0.15) is 18.5 Å². The zero-order valence-electron chi connectivity index (χ0n) is 10.2. The first-order chi connectivity index (χ1) is 8.79. The molecule has 0 bridgehead atoms. The highest BCUT2D eigenvalue weighted by molar-refractivity contribution is 5.40. The van der Waals surface area contributed by atoms with E-state index in [1.165, 1.54) is 0 Å². The highest BCUT2D eigenvalue weighted by atomic mass is 16.5. The molecule has 0 radical (unpaired) electrons. The number of rotatable bonds is 5. The standard InChI is InChI=1S/C12H18N2O4/c15-8-10(16)9-18-12-3-1-2-11(13-12)14-4-6-17-7-5-14/h1-3,10,15-16H,4-9H2/t10-/m0/s1. The largest absolute Gasteiger partial charge is 0.475 e. The van der Waals surface area contributed by atoms with Crippen molar-refractivity contribution in [2.45, 2.75) is 6.10 Å². The van der Waals surface area contributed by atoms with Gasteiger partial charge in [-0.2, -0.15) is 4.98 Å². The van der Waals surface area contributed by atoms with E-state index in [9.17, 15) is 5.11 Å². The number of aliphatic hydroxyl groups is 2. The number of hydrogen-bond acceptors (Lipinski definition) is 6. The van der Waals surface area contributed by atoms with Crippen molar-refractivity contribution in [1.82, 2.24) is 4.98 Å². The van der Waals surface area contributed by atoms with Gasteiger partial charge < -0.3 is 24.6 Å². The van der Waals surface area contributed by atoms with E-state index >= 15 is 0 Å². The molecule has 1 atom stereocenters. The minimum absolute atomic E-state index is 0.0378. The van der Waals surface area contributed by atoms with Crippen molar-refractivity contribution in [3.05, 3.63) is 18.2 Å². The zero-order valence-corrected chi connectivity index (χ0v) is 10.2. The summed E-state index contributed by atoms with van der Waals surface area (Å²) in [7, 11) is 0. The number of morpholine rings is 1. The predicted molar refractivity (Wildman–Crippen MR) is 65.9 cm³/mol. The molecular formula is C12H18N2O4. The smallest absolute Gasteiger partial charge is 0.215 e. The summed E-state index contributed by atoms with van der Waals surface area (Å²) in [6.07, 6.45) is -0.876. The van der Waals surface area contributed by atoms with Gasteiger partial charge in [-0.15, -0.1) is 0 Å². The number of aromatic nitrogens is 1. The van der Waals surface area contributed by atoms with Crippen LogP contribution in [0.4, 0.5) is 5.82 Å². The second kappa shape index (κ2) is 6.53. The Morgan fingerprint density at radius 3 is 2.89 bits per heavy atom. The van der Waals surface area contributed by atoms with Gasteiger partial charge in [0.2, 0.25) is 5.88 Å². The maximum absolute atomic E-state index is 9.21. The number of anilines is 1. The van der Waals surface area contributed by atoms with Crippen LogP contribution in [0.1, 0.15) is 0 Å². The lowest BCUT2D eigenvalue weighted by Gasteiger charge is -2.27. The zero-order chi connectivity index (χ0) is 12.8. The topological polar surface area (TPSA) is 75.0 Å². The molecule has 2 rings (SSSR count). The molecule has 18 heavy (non-hydrogen) atoms. The van der Waals surface area contributed by atoms with Crippen molar-refractivity contribution in [3.8, 4) is 5.88 Å². The molecule has 0 amide bonds. The maximum Gasteiger partial charge on any atom is 0.215 e. The Balaban J connectivity index is 1.96. The molecule has 0 aliphatic carbocycles. The minimum atomic E-state index is -0.876. The van der Waals surface area contributed by atoms with Crippen molar-refractivity contribution >= 4 is 5.82 Å². The Labute approximate surface area is 106 Å². The number of nitrogens with zero attached hydrogens (tertiary/aromatic N) is 2. The van der Waals surface area contributed by atoms with Gasteiger partial charge in [0, 0.05) is 19.2 Å². The number of aliphatic hydroxyl groups excluding tert-OH is 2. The molecule has 1 aromatic heterocycles. The van der Waals surface area contributed by atoms with Gasteiger partial charge in [-0.1, -0.05) is 6.07 Å². The molecule has 2 N–H and O–H groups in total. The van der Waals surface area contributed by atoms with Crippen LogP contribution in [-0.2, 0) is 4.74 Å². The summed E-state index contributed by atoms with van der Waals surface area (Å²) in [5.74, 6) is 1.29. The van der Waals surface area contributed by atoms with Gasteiger partial charge in [-0.25, -0.2) is 0 Å². The van der Waals surface area contributed by atoms with Crippen LogP contribution in [0, 0.1) is 0 Å². The number of hydrogen-bond donors (Lipinski definition) is 2. The fourth-order valence-electron chi connectivity index (χ4n) is 1.69. The summed E-state index contributed by atoms with van der Waals surface area (Å²) in [6.45, 7) is 2.76. The number of pyridine rings is 1. The van der Waals surface area contributed by atoms with Gasteiger partial charge in [-0.3, -0.25) is 0 Å². The van der Waals surface area contributed by atoms with Crippen LogP contribution in [0.2, 0.25) is 0 Å². The monoisotopic (exact) mass is 254 g/mol. The van der Waals surface area contributed by atoms with Gasteiger partial charge in [-0.05, 0) is 6.07 Å². The van der Waals surface area contributed by atoms with E-state index in [4.69, 9.17) is 14.6 Å². The second-order valence-corrected chi connectivity index (χ2v) is 4.08. The number of ether oxygens (including phenoxy) is 2. The molecule has 1 aromatic rings. The molecule has 0 spiro atoms. The highest BCUT2D eigenvalue weighted by Gasteiger charge is 2.13. The Morgan fingerprint density at radius 1 is 1.39 bits per heavy atom. The van der Waals surface area contributed by atoms with Gasteiger partial charge in [0.25, 0.3) is 0 Å². The fraction of sp³-hybridized carbons (Fsp3) is 0.583. The van der Waals surface area contributed by atoms with E-state index in [1.807, 2.05) is 12.1 Å². The van der Waals surface area contributed by atoms with E-state index in [0.717, 1.165) is 18.9 Å². The van der Waals surface area contributed by atoms with Crippen LogP contribution in [0.5, 0.6) is 5.88 Å². The minimum Gasteiger partial charge on any atom is -0.475 e. The second-order valence-electron chi connectivity index (χ2n) is 4.08. The van der Waals surface area contributed by atoms with Crippen molar-refractivity contribution in [2.24, 2.45) is 0 Å². The first kappa shape index (κ1) is 13.1. The average Bonchev–Trinajstić information content (AvgIpc) is 2.46. The van der Waals surface area contributed by atoms with E-state index in [-0.39, 0.29) is 13.2 Å². The summed E-state index contributed by atoms with van der Waals surface area (Å²) < 4.78 is 10.6. The average molecular weight is 254 g/mol. The Hall–Kier alpha value is -1.37. The molecule has 1 aliphatic rings. The van der Waals surface area contributed by atoms with Gasteiger partial charge in [0.15, 0.2) is 0 Å². The SMILES string of the molecule is OC[C@H](O)COc1cccc(N2CCOCC2)n1. The molecule has 6 nitrogen and oxygen atoms in total. The van der Waals surface area contributed by atoms with Crippen molar-refractivity contribution < 1.29 is 19.7 Å². The Kier molecular flexibility index (Phi) is 4.74. The molecular weight excluding hydrogens is 236 g/mol. The predicted octanol–water partition coefficient (Wildman–Crippen LogP) is -0.350. The van der Waals surface area contributed by atoms with E-state index in [2.05, 4.69) is 9.88 Å². The third kappa shape index (κ3) is 3.56. The van der Waals surface area contributed by atoms with Crippen LogP contribution in [-0.4, -0.2) is 60.8 Å². The highest BCUT2D eigenvalue weighted by Crippen LogP contribution is 2.17. The molecule has 100 valence electrons. The summed E-state index contributed by atoms with van der Waals surface area (Å²) in [4.78, 5) is 6.48. The molecule has 1 saturated heterocycles. The van der Waals surface area contributed by atoms with Crippen molar-refractivity contribution in [1.29, 1.82) is 0 Å². The molecule has 6 heteroatoms. The lowest BCUT2D eigenvalue weighted by atomic mass is 10.3. The third-order valence-corrected chi connectivity index (χ3v) is 2.68. The molecule has 0 aromatic carbocycles. The van der Waals surface area contributed by atoms with Crippen molar-refractivity contribution in [2.75, 3.05) is 44.4 Å². The molecule has 2 heterocycles. The first-order valence-electron chi connectivity index (χ1n) is 6.01. The quantitative estimate of drug-likeness (QED) is 0.748. The summed E-state index contributed by atoms with van der Waals surface area (Å²) in [5.41, 5.74) is 0. The van der Waals surface area contributed by atoms with E-state index in [0.29, 0.717) is 19.1 Å². The van der Waals surface area contributed by atoms with Crippen LogP contribution in [0.15, 0.2) is 18.2 Å². The molecule has 1 aliphatic heterocycles. The van der Waals surface area contributed by atoms with Crippen molar-refractivity contribution in [3.63, 3.8) is 0 Å². The summed E-state index contributed by atoms with van der Waals surface area (Å²) in [6, 6.07) is 5.51. The third-order valence-electron chi connectivity index (χ3n) is 2.68.